The average molecular weight is 297 g/mol. The lowest BCUT2D eigenvalue weighted by Gasteiger charge is -2.38. The van der Waals surface area contributed by atoms with Gasteiger partial charge >= 0.3 is 12.0 Å². The zero-order valence-corrected chi connectivity index (χ0v) is 12.3. The van der Waals surface area contributed by atoms with Crippen LogP contribution in [0.15, 0.2) is 5.38 Å². The maximum absolute atomic E-state index is 11.6. The van der Waals surface area contributed by atoms with Gasteiger partial charge in [0.1, 0.15) is 0 Å². The maximum Gasteiger partial charge on any atom is 0.355 e. The Morgan fingerprint density at radius 2 is 2.20 bits per heavy atom. The molecular formula is C13H19N3O3S. The Bertz CT molecular complexity index is 497. The van der Waals surface area contributed by atoms with Crippen LogP contribution < -0.4 is 10.6 Å². The van der Waals surface area contributed by atoms with Gasteiger partial charge in [-0.15, -0.1) is 11.3 Å². The van der Waals surface area contributed by atoms with Gasteiger partial charge in [0.15, 0.2) is 5.69 Å². The summed E-state index contributed by atoms with van der Waals surface area (Å²) in [7, 11) is 0. The molecule has 1 aromatic heterocycles. The summed E-state index contributed by atoms with van der Waals surface area (Å²) in [5.41, 5.74) is 0.329. The summed E-state index contributed by atoms with van der Waals surface area (Å²) in [6.07, 6.45) is 4.13. The quantitative estimate of drug-likeness (QED) is 0.747. The van der Waals surface area contributed by atoms with E-state index in [9.17, 15) is 9.59 Å². The topological polar surface area (TPSA) is 91.3 Å². The van der Waals surface area contributed by atoms with Crippen molar-refractivity contribution in [3.63, 3.8) is 0 Å². The summed E-state index contributed by atoms with van der Waals surface area (Å²) in [4.78, 5) is 26.2. The first-order valence-electron chi connectivity index (χ1n) is 6.68. The molecule has 0 spiro atoms. The SMILES string of the molecule is CC1(CNC(=O)NCCc2nc(C(=O)O)cs2)CCC1. The van der Waals surface area contributed by atoms with Gasteiger partial charge < -0.3 is 15.7 Å². The summed E-state index contributed by atoms with van der Waals surface area (Å²) in [6, 6.07) is -0.173. The van der Waals surface area contributed by atoms with Crippen LogP contribution in [0.3, 0.4) is 0 Å². The lowest BCUT2D eigenvalue weighted by Crippen LogP contribution is -2.44. The van der Waals surface area contributed by atoms with E-state index in [1.54, 1.807) is 0 Å². The molecule has 1 heterocycles. The smallest absolute Gasteiger partial charge is 0.355 e. The monoisotopic (exact) mass is 297 g/mol. The number of thiazole rings is 1. The van der Waals surface area contributed by atoms with Crippen molar-refractivity contribution in [3.8, 4) is 0 Å². The average Bonchev–Trinajstić information content (AvgIpc) is 2.83. The minimum absolute atomic E-state index is 0.0624. The molecular weight excluding hydrogens is 278 g/mol. The van der Waals surface area contributed by atoms with E-state index in [0.717, 1.165) is 0 Å². The van der Waals surface area contributed by atoms with Crippen molar-refractivity contribution in [2.24, 2.45) is 5.41 Å². The number of carboxylic acids is 1. The Kier molecular flexibility index (Phi) is 4.59. The highest BCUT2D eigenvalue weighted by molar-refractivity contribution is 7.09. The fourth-order valence-electron chi connectivity index (χ4n) is 2.12. The van der Waals surface area contributed by atoms with Crippen LogP contribution in [0, 0.1) is 5.41 Å². The number of carbonyl (C=O) groups is 2. The molecule has 0 bridgehead atoms. The summed E-state index contributed by atoms with van der Waals surface area (Å²) in [5, 5.41) is 16.6. The number of rotatable bonds is 6. The molecule has 20 heavy (non-hydrogen) atoms. The summed E-state index contributed by atoms with van der Waals surface area (Å²) < 4.78 is 0. The van der Waals surface area contributed by atoms with Gasteiger partial charge in [-0.05, 0) is 18.3 Å². The van der Waals surface area contributed by atoms with Crippen LogP contribution >= 0.6 is 11.3 Å². The van der Waals surface area contributed by atoms with Crippen molar-refractivity contribution >= 4 is 23.3 Å². The van der Waals surface area contributed by atoms with Crippen molar-refractivity contribution in [2.45, 2.75) is 32.6 Å². The fourth-order valence-corrected chi connectivity index (χ4v) is 2.89. The van der Waals surface area contributed by atoms with Crippen LogP contribution in [0.25, 0.3) is 0 Å². The largest absolute Gasteiger partial charge is 0.476 e. The fraction of sp³-hybridized carbons (Fsp3) is 0.615. The van der Waals surface area contributed by atoms with Crippen molar-refractivity contribution in [1.29, 1.82) is 0 Å². The van der Waals surface area contributed by atoms with E-state index < -0.39 is 5.97 Å². The number of carbonyl (C=O) groups excluding carboxylic acids is 1. The second kappa shape index (κ2) is 6.21. The first-order chi connectivity index (χ1) is 9.48. The highest BCUT2D eigenvalue weighted by atomic mass is 32.1. The minimum Gasteiger partial charge on any atom is -0.476 e. The van der Waals surface area contributed by atoms with Crippen LogP contribution in [0.5, 0.6) is 0 Å². The second-order valence-corrected chi connectivity index (χ2v) is 6.40. The lowest BCUT2D eigenvalue weighted by molar-refractivity contribution is 0.0691. The van der Waals surface area contributed by atoms with Gasteiger partial charge in [-0.2, -0.15) is 0 Å². The zero-order valence-electron chi connectivity index (χ0n) is 11.4. The highest BCUT2D eigenvalue weighted by Gasteiger charge is 2.31. The van der Waals surface area contributed by atoms with Crippen molar-refractivity contribution < 1.29 is 14.7 Å². The predicted octanol–water partition coefficient (Wildman–Crippen LogP) is 1.87. The van der Waals surface area contributed by atoms with E-state index in [2.05, 4.69) is 22.5 Å². The molecule has 1 aliphatic rings. The van der Waals surface area contributed by atoms with Crippen LogP contribution in [0.2, 0.25) is 0 Å². The van der Waals surface area contributed by atoms with Crippen LogP contribution in [-0.2, 0) is 6.42 Å². The number of nitrogens with zero attached hydrogens (tertiary/aromatic N) is 1. The number of urea groups is 1. The molecule has 1 fully saturated rings. The van der Waals surface area contributed by atoms with Gasteiger partial charge in [-0.25, -0.2) is 14.6 Å². The van der Waals surface area contributed by atoms with Gasteiger partial charge in [-0.3, -0.25) is 0 Å². The molecule has 0 aromatic carbocycles. The van der Waals surface area contributed by atoms with E-state index in [1.807, 2.05) is 0 Å². The van der Waals surface area contributed by atoms with Crippen LogP contribution in [-0.4, -0.2) is 35.2 Å². The molecule has 0 radical (unpaired) electrons. The minimum atomic E-state index is -1.02. The Balaban J connectivity index is 1.64. The number of amides is 2. The highest BCUT2D eigenvalue weighted by Crippen LogP contribution is 2.39. The molecule has 0 saturated heterocycles. The van der Waals surface area contributed by atoms with Gasteiger partial charge in [0.25, 0.3) is 0 Å². The molecule has 0 unspecified atom stereocenters. The zero-order chi connectivity index (χ0) is 14.6. The van der Waals surface area contributed by atoms with Crippen molar-refractivity contribution in [3.05, 3.63) is 16.1 Å². The molecule has 6 nitrogen and oxygen atoms in total. The Morgan fingerprint density at radius 1 is 1.45 bits per heavy atom. The lowest BCUT2D eigenvalue weighted by atomic mass is 9.70. The third-order valence-corrected chi connectivity index (χ3v) is 4.54. The second-order valence-electron chi connectivity index (χ2n) is 5.46. The van der Waals surface area contributed by atoms with E-state index in [4.69, 9.17) is 5.11 Å². The molecule has 0 atom stereocenters. The molecule has 110 valence electrons. The van der Waals surface area contributed by atoms with Gasteiger partial charge in [0.05, 0.1) is 5.01 Å². The van der Waals surface area contributed by atoms with Gasteiger partial charge in [0.2, 0.25) is 0 Å². The number of carboxylic acid groups (broad SMARTS) is 1. The maximum atomic E-state index is 11.6. The number of nitrogens with one attached hydrogen (secondary N) is 2. The molecule has 2 amide bonds. The van der Waals surface area contributed by atoms with Crippen molar-refractivity contribution in [1.82, 2.24) is 15.6 Å². The van der Waals surface area contributed by atoms with E-state index in [0.29, 0.717) is 24.5 Å². The Morgan fingerprint density at radius 3 is 2.75 bits per heavy atom. The predicted molar refractivity (Wildman–Crippen MR) is 76.1 cm³/mol. The molecule has 7 heteroatoms. The van der Waals surface area contributed by atoms with Gasteiger partial charge in [-0.1, -0.05) is 13.3 Å². The third kappa shape index (κ3) is 3.93. The molecule has 1 saturated carbocycles. The number of aromatic carboxylic acids is 1. The molecule has 3 N–H and O–H groups in total. The first-order valence-corrected chi connectivity index (χ1v) is 7.56. The van der Waals surface area contributed by atoms with E-state index >= 15 is 0 Å². The number of aromatic nitrogens is 1. The normalized spacial score (nSPS) is 16.2. The van der Waals surface area contributed by atoms with Gasteiger partial charge in [0, 0.05) is 24.9 Å². The molecule has 2 rings (SSSR count). The van der Waals surface area contributed by atoms with Crippen LogP contribution in [0.4, 0.5) is 4.79 Å². The number of hydrogen-bond donors (Lipinski definition) is 3. The molecule has 1 aliphatic carbocycles. The molecule has 1 aromatic rings. The van der Waals surface area contributed by atoms with E-state index in [1.165, 1.54) is 36.0 Å². The summed E-state index contributed by atoms with van der Waals surface area (Å²) in [5.74, 6) is -1.02. The van der Waals surface area contributed by atoms with Crippen molar-refractivity contribution in [2.75, 3.05) is 13.1 Å². The third-order valence-electron chi connectivity index (χ3n) is 3.63. The first kappa shape index (κ1) is 14.8. The summed E-state index contributed by atoms with van der Waals surface area (Å²) in [6.45, 7) is 3.34. The molecule has 0 aliphatic heterocycles. The van der Waals surface area contributed by atoms with E-state index in [-0.39, 0.29) is 17.1 Å². The summed E-state index contributed by atoms with van der Waals surface area (Å²) >= 11 is 1.30. The Labute approximate surface area is 121 Å². The van der Waals surface area contributed by atoms with Crippen LogP contribution in [0.1, 0.15) is 41.7 Å². The Hall–Kier alpha value is -1.63. The standard InChI is InChI=1S/C13H19N3O3S/c1-13(4-2-5-13)8-15-12(19)14-6-3-10-16-9(7-20-10)11(17)18/h7H,2-6,8H2,1H3,(H,17,18)(H2,14,15,19). The number of hydrogen-bond acceptors (Lipinski definition) is 4.